The van der Waals surface area contributed by atoms with E-state index >= 15 is 0 Å². The number of likely N-dealkylation sites (N-methyl/N-ethyl adjacent to an activating group) is 1. The third-order valence-corrected chi connectivity index (χ3v) is 5.63. The van der Waals surface area contributed by atoms with Gasteiger partial charge in [-0.3, -0.25) is 9.59 Å². The van der Waals surface area contributed by atoms with Gasteiger partial charge < -0.3 is 10.2 Å². The molecule has 1 aliphatic rings. The summed E-state index contributed by atoms with van der Waals surface area (Å²) in [6.07, 6.45) is 4.50. The van der Waals surface area contributed by atoms with E-state index in [4.69, 9.17) is 4.98 Å². The van der Waals surface area contributed by atoms with Crippen LogP contribution in [0.1, 0.15) is 44.7 Å². The first-order valence-corrected chi connectivity index (χ1v) is 9.54. The lowest BCUT2D eigenvalue weighted by Gasteiger charge is -2.26. The molecule has 0 spiro atoms. The van der Waals surface area contributed by atoms with E-state index in [1.54, 1.807) is 40.5 Å². The Labute approximate surface area is 157 Å². The van der Waals surface area contributed by atoms with Gasteiger partial charge in [0.25, 0.3) is 5.91 Å². The predicted molar refractivity (Wildman–Crippen MR) is 105 cm³/mol. The van der Waals surface area contributed by atoms with Gasteiger partial charge in [0.15, 0.2) is 0 Å². The Kier molecular flexibility index (Phi) is 5.52. The van der Waals surface area contributed by atoms with Gasteiger partial charge in [-0.2, -0.15) is 0 Å². The second-order valence-electron chi connectivity index (χ2n) is 6.59. The summed E-state index contributed by atoms with van der Waals surface area (Å²) in [5, 5.41) is 3.79. The Morgan fingerprint density at radius 1 is 1.46 bits per heavy atom. The molecular weight excluding hydrogens is 346 g/mol. The highest BCUT2D eigenvalue weighted by Crippen LogP contribution is 2.35. The van der Waals surface area contributed by atoms with Crippen molar-refractivity contribution in [2.24, 2.45) is 0 Å². The Balaban J connectivity index is 1.71. The molecule has 0 saturated heterocycles. The summed E-state index contributed by atoms with van der Waals surface area (Å²) in [7, 11) is 1.82. The number of anilines is 1. The zero-order valence-electron chi connectivity index (χ0n) is 15.1. The maximum Gasteiger partial charge on any atom is 0.253 e. The van der Waals surface area contributed by atoms with Crippen molar-refractivity contribution in [3.05, 3.63) is 58.1 Å². The summed E-state index contributed by atoms with van der Waals surface area (Å²) >= 11 is 1.77. The van der Waals surface area contributed by atoms with E-state index in [0.717, 1.165) is 24.3 Å². The van der Waals surface area contributed by atoms with Gasteiger partial charge in [-0.25, -0.2) is 4.98 Å². The van der Waals surface area contributed by atoms with Crippen molar-refractivity contribution < 1.29 is 9.59 Å². The largest absolute Gasteiger partial charge is 0.341 e. The number of carbonyl (C=O) groups excluding carboxylic acids is 2. The third kappa shape index (κ3) is 4.02. The van der Waals surface area contributed by atoms with Gasteiger partial charge in [-0.05, 0) is 50.5 Å². The Hall–Kier alpha value is -2.47. The maximum atomic E-state index is 12.8. The van der Waals surface area contributed by atoms with Crippen LogP contribution in [0.5, 0.6) is 0 Å². The summed E-state index contributed by atoms with van der Waals surface area (Å²) in [6, 6.07) is 6.98. The Morgan fingerprint density at radius 3 is 3.04 bits per heavy atom. The van der Waals surface area contributed by atoms with Crippen molar-refractivity contribution in [1.29, 1.82) is 0 Å². The summed E-state index contributed by atoms with van der Waals surface area (Å²) in [5.41, 5.74) is 2.31. The zero-order valence-corrected chi connectivity index (χ0v) is 15.9. The number of rotatable bonds is 5. The number of aryl methyl sites for hydroxylation is 2. The molecule has 1 atom stereocenters. The van der Waals surface area contributed by atoms with E-state index in [1.807, 2.05) is 14.0 Å². The van der Waals surface area contributed by atoms with Crippen molar-refractivity contribution in [2.45, 2.75) is 32.1 Å². The first-order chi connectivity index (χ1) is 12.5. The molecule has 1 aliphatic carbocycles. The molecular formula is C20H23N3O2S. The lowest BCUT2D eigenvalue weighted by atomic mass is 9.90. The molecule has 1 aromatic heterocycles. The summed E-state index contributed by atoms with van der Waals surface area (Å²) in [6.45, 7) is 6.13. The number of carbonyl (C=O) groups is 2. The van der Waals surface area contributed by atoms with Gasteiger partial charge in [0.05, 0.1) is 10.7 Å². The first kappa shape index (κ1) is 18.3. The predicted octanol–water partition coefficient (Wildman–Crippen LogP) is 3.77. The van der Waals surface area contributed by atoms with Crippen molar-refractivity contribution in [3.63, 3.8) is 0 Å². The standard InChI is InChI=1S/C20H23N3O2S/c1-4-18(24)22-16-9-5-7-14(11-16)20(25)23(3)12-15-8-6-10-17-19(15)21-13(2)26-17/h4-5,7,9,11,15H,1,6,8,10,12H2,2-3H3,(H,22,24). The normalized spacial score (nSPS) is 15.8. The van der Waals surface area contributed by atoms with Crippen molar-refractivity contribution in [1.82, 2.24) is 9.88 Å². The summed E-state index contributed by atoms with van der Waals surface area (Å²) in [4.78, 5) is 32.1. The van der Waals surface area contributed by atoms with Crippen LogP contribution >= 0.6 is 11.3 Å². The van der Waals surface area contributed by atoms with E-state index in [1.165, 1.54) is 16.6 Å². The van der Waals surface area contributed by atoms with Gasteiger partial charge in [0.2, 0.25) is 5.91 Å². The maximum absolute atomic E-state index is 12.8. The number of nitrogens with zero attached hydrogens (tertiary/aromatic N) is 2. The Morgan fingerprint density at radius 2 is 2.27 bits per heavy atom. The first-order valence-electron chi connectivity index (χ1n) is 8.73. The van der Waals surface area contributed by atoms with Crippen molar-refractivity contribution in [3.8, 4) is 0 Å². The van der Waals surface area contributed by atoms with Gasteiger partial charge >= 0.3 is 0 Å². The lowest BCUT2D eigenvalue weighted by molar-refractivity contribution is -0.111. The molecule has 6 heteroatoms. The fourth-order valence-corrected chi connectivity index (χ4v) is 4.43. The molecule has 0 aliphatic heterocycles. The van der Waals surface area contributed by atoms with Crippen LogP contribution in [0.25, 0.3) is 0 Å². The van der Waals surface area contributed by atoms with E-state index in [9.17, 15) is 9.59 Å². The van der Waals surface area contributed by atoms with Gasteiger partial charge in [0.1, 0.15) is 0 Å². The molecule has 1 N–H and O–H groups in total. The van der Waals surface area contributed by atoms with Crippen LogP contribution in [0.4, 0.5) is 5.69 Å². The average molecular weight is 369 g/mol. The molecule has 0 saturated carbocycles. The topological polar surface area (TPSA) is 62.3 Å². The number of benzene rings is 1. The molecule has 3 rings (SSSR count). The van der Waals surface area contributed by atoms with Crippen LogP contribution in [0, 0.1) is 6.92 Å². The van der Waals surface area contributed by atoms with Gasteiger partial charge in [-0.1, -0.05) is 12.6 Å². The Bertz CT molecular complexity index is 843. The van der Waals surface area contributed by atoms with E-state index in [2.05, 4.69) is 11.9 Å². The molecule has 136 valence electrons. The molecule has 1 unspecified atom stereocenters. The second-order valence-corrected chi connectivity index (χ2v) is 7.88. The van der Waals surface area contributed by atoms with Gasteiger partial charge in [0, 0.05) is 35.6 Å². The minimum atomic E-state index is -0.295. The molecule has 2 aromatic rings. The van der Waals surface area contributed by atoms with Crippen LogP contribution < -0.4 is 5.32 Å². The minimum absolute atomic E-state index is 0.0567. The number of nitrogens with one attached hydrogen (secondary N) is 1. The summed E-state index contributed by atoms with van der Waals surface area (Å²) in [5.74, 6) is -0.0586. The average Bonchev–Trinajstić information content (AvgIpc) is 3.02. The fraction of sp³-hybridized carbons (Fsp3) is 0.350. The number of amides is 2. The molecule has 2 amide bonds. The molecule has 26 heavy (non-hydrogen) atoms. The minimum Gasteiger partial charge on any atom is -0.341 e. The molecule has 0 fully saturated rings. The monoisotopic (exact) mass is 369 g/mol. The van der Waals surface area contributed by atoms with Crippen LogP contribution in [0.15, 0.2) is 36.9 Å². The smallest absolute Gasteiger partial charge is 0.253 e. The number of hydrogen-bond acceptors (Lipinski definition) is 4. The van der Waals surface area contributed by atoms with Crippen molar-refractivity contribution in [2.75, 3.05) is 18.9 Å². The number of hydrogen-bond donors (Lipinski definition) is 1. The molecule has 0 bridgehead atoms. The van der Waals surface area contributed by atoms with Crippen molar-refractivity contribution >= 4 is 28.8 Å². The highest BCUT2D eigenvalue weighted by molar-refractivity contribution is 7.11. The lowest BCUT2D eigenvalue weighted by Crippen LogP contribution is -2.32. The van der Waals surface area contributed by atoms with Crippen LogP contribution in [-0.4, -0.2) is 35.3 Å². The summed E-state index contributed by atoms with van der Waals surface area (Å²) < 4.78 is 0. The van der Waals surface area contributed by atoms with Crippen LogP contribution in [-0.2, 0) is 11.2 Å². The van der Waals surface area contributed by atoms with Crippen LogP contribution in [0.2, 0.25) is 0 Å². The zero-order chi connectivity index (χ0) is 18.7. The number of thiazole rings is 1. The molecule has 1 heterocycles. The van der Waals surface area contributed by atoms with E-state index in [-0.39, 0.29) is 11.8 Å². The number of fused-ring (bicyclic) bond motifs is 1. The highest BCUT2D eigenvalue weighted by atomic mass is 32.1. The molecule has 1 aromatic carbocycles. The SMILES string of the molecule is C=CC(=O)Nc1cccc(C(=O)N(C)CC2CCCc3sc(C)nc32)c1. The quantitative estimate of drug-likeness (QED) is 0.816. The van der Waals surface area contributed by atoms with E-state index < -0.39 is 0 Å². The molecule has 5 nitrogen and oxygen atoms in total. The second kappa shape index (κ2) is 7.83. The van der Waals surface area contributed by atoms with E-state index in [0.29, 0.717) is 23.7 Å². The van der Waals surface area contributed by atoms with Crippen LogP contribution in [0.3, 0.4) is 0 Å². The number of aromatic nitrogens is 1. The molecule has 0 radical (unpaired) electrons. The third-order valence-electron chi connectivity index (χ3n) is 4.58. The highest BCUT2D eigenvalue weighted by Gasteiger charge is 2.26. The van der Waals surface area contributed by atoms with Gasteiger partial charge in [-0.15, -0.1) is 11.3 Å². The fourth-order valence-electron chi connectivity index (χ4n) is 3.36.